The van der Waals surface area contributed by atoms with E-state index in [1.807, 2.05) is 12.1 Å². The molecule has 0 saturated carbocycles. The Labute approximate surface area is 132 Å². The summed E-state index contributed by atoms with van der Waals surface area (Å²) < 4.78 is 6.69. The highest BCUT2D eigenvalue weighted by atomic mass is 79.9. The van der Waals surface area contributed by atoms with Gasteiger partial charge in [0.2, 0.25) is 5.91 Å². The first-order chi connectivity index (χ1) is 10.1. The van der Waals surface area contributed by atoms with Crippen molar-refractivity contribution in [2.75, 3.05) is 31.6 Å². The second kappa shape index (κ2) is 6.34. The predicted octanol–water partition coefficient (Wildman–Crippen LogP) is 2.27. The van der Waals surface area contributed by atoms with Gasteiger partial charge in [-0.05, 0) is 47.9 Å². The van der Waals surface area contributed by atoms with Gasteiger partial charge < -0.3 is 15.8 Å². The quantitative estimate of drug-likeness (QED) is 0.871. The first-order valence-corrected chi connectivity index (χ1v) is 8.19. The van der Waals surface area contributed by atoms with Crippen LogP contribution in [0, 0.1) is 0 Å². The van der Waals surface area contributed by atoms with Crippen LogP contribution in [0.3, 0.4) is 0 Å². The molecule has 2 aliphatic heterocycles. The first-order valence-electron chi connectivity index (χ1n) is 7.40. The lowest BCUT2D eigenvalue weighted by molar-refractivity contribution is -0.116. The smallest absolute Gasteiger partial charge is 0.245 e. The van der Waals surface area contributed by atoms with E-state index in [4.69, 9.17) is 10.5 Å². The van der Waals surface area contributed by atoms with Crippen LogP contribution >= 0.6 is 15.9 Å². The Morgan fingerprint density at radius 1 is 1.33 bits per heavy atom. The molecule has 6 heteroatoms. The van der Waals surface area contributed by atoms with Gasteiger partial charge in [-0.2, -0.15) is 0 Å². The molecule has 1 amide bonds. The third kappa shape index (κ3) is 3.22. The zero-order valence-electron chi connectivity index (χ0n) is 11.9. The van der Waals surface area contributed by atoms with E-state index >= 15 is 0 Å². The Bertz CT molecular complexity index is 544. The molecule has 0 spiro atoms. The van der Waals surface area contributed by atoms with Gasteiger partial charge in [0.25, 0.3) is 0 Å². The van der Waals surface area contributed by atoms with E-state index in [0.29, 0.717) is 6.61 Å². The normalized spacial score (nSPS) is 22.0. The number of benzene rings is 1. The molecule has 1 fully saturated rings. The Hall–Kier alpha value is -1.11. The lowest BCUT2D eigenvalue weighted by Crippen LogP contribution is -2.33. The first kappa shape index (κ1) is 14.8. The van der Waals surface area contributed by atoms with E-state index < -0.39 is 6.04 Å². The number of fused-ring (bicyclic) bond motifs is 1. The van der Waals surface area contributed by atoms with Crippen LogP contribution in [0.25, 0.3) is 0 Å². The molecule has 0 bridgehead atoms. The number of rotatable bonds is 4. The van der Waals surface area contributed by atoms with Gasteiger partial charge in [0, 0.05) is 23.9 Å². The summed E-state index contributed by atoms with van der Waals surface area (Å²) >= 11 is 3.49. The second-order valence-corrected chi connectivity index (χ2v) is 6.44. The third-order valence-electron chi connectivity index (χ3n) is 4.09. The molecular weight excluding hydrogens is 334 g/mol. The Morgan fingerprint density at radius 3 is 2.86 bits per heavy atom. The summed E-state index contributed by atoms with van der Waals surface area (Å²) in [5, 5.41) is 2.78. The molecule has 1 unspecified atom stereocenters. The number of piperidine rings is 1. The topological polar surface area (TPSA) is 67.6 Å². The fourth-order valence-corrected chi connectivity index (χ4v) is 3.34. The van der Waals surface area contributed by atoms with Crippen molar-refractivity contribution in [2.24, 2.45) is 5.73 Å². The van der Waals surface area contributed by atoms with Crippen LogP contribution in [0.15, 0.2) is 16.6 Å². The van der Waals surface area contributed by atoms with Crippen molar-refractivity contribution in [3.63, 3.8) is 0 Å². The summed E-state index contributed by atoms with van der Waals surface area (Å²) in [6, 6.07) is 3.13. The van der Waals surface area contributed by atoms with Crippen molar-refractivity contribution in [3.8, 4) is 5.75 Å². The molecule has 1 aromatic carbocycles. The van der Waals surface area contributed by atoms with Crippen molar-refractivity contribution >= 4 is 27.5 Å². The fraction of sp³-hybridized carbons (Fsp3) is 0.533. The summed E-state index contributed by atoms with van der Waals surface area (Å²) in [5.74, 6) is 0.586. The number of amides is 1. The largest absolute Gasteiger partial charge is 0.491 e. The number of nitrogens with zero attached hydrogens (tertiary/aromatic N) is 1. The highest BCUT2D eigenvalue weighted by Crippen LogP contribution is 2.37. The van der Waals surface area contributed by atoms with E-state index in [0.717, 1.165) is 28.0 Å². The lowest BCUT2D eigenvalue weighted by atomic mass is 10.1. The van der Waals surface area contributed by atoms with Crippen LogP contribution in [-0.2, 0) is 4.79 Å². The van der Waals surface area contributed by atoms with Gasteiger partial charge in [-0.1, -0.05) is 6.42 Å². The number of carbonyl (C=O) groups is 1. The van der Waals surface area contributed by atoms with Gasteiger partial charge in [0.15, 0.2) is 0 Å². The van der Waals surface area contributed by atoms with E-state index in [1.165, 1.54) is 32.4 Å². The van der Waals surface area contributed by atoms with E-state index in [2.05, 4.69) is 26.1 Å². The number of anilines is 1. The molecule has 0 radical (unpaired) electrons. The third-order valence-corrected chi connectivity index (χ3v) is 4.71. The number of hydrogen-bond donors (Lipinski definition) is 2. The van der Waals surface area contributed by atoms with Gasteiger partial charge in [-0.15, -0.1) is 0 Å². The van der Waals surface area contributed by atoms with Gasteiger partial charge in [0.1, 0.15) is 18.4 Å². The fourth-order valence-electron chi connectivity index (χ4n) is 2.86. The van der Waals surface area contributed by atoms with Crippen LogP contribution in [0.1, 0.15) is 30.9 Å². The minimum atomic E-state index is -0.585. The molecule has 2 aliphatic rings. The van der Waals surface area contributed by atoms with Crippen LogP contribution in [0.4, 0.5) is 5.69 Å². The Morgan fingerprint density at radius 2 is 2.10 bits per heavy atom. The highest BCUT2D eigenvalue weighted by Gasteiger charge is 2.28. The summed E-state index contributed by atoms with van der Waals surface area (Å²) in [6.07, 6.45) is 3.91. The zero-order chi connectivity index (χ0) is 14.8. The van der Waals surface area contributed by atoms with Gasteiger partial charge in [-0.3, -0.25) is 9.69 Å². The molecule has 3 N–H and O–H groups in total. The average molecular weight is 354 g/mol. The van der Waals surface area contributed by atoms with Crippen LogP contribution < -0.4 is 15.8 Å². The highest BCUT2D eigenvalue weighted by molar-refractivity contribution is 9.10. The molecule has 114 valence electrons. The molecule has 0 aromatic heterocycles. The number of ether oxygens (including phenoxy) is 1. The van der Waals surface area contributed by atoms with Crippen molar-refractivity contribution < 1.29 is 9.53 Å². The zero-order valence-corrected chi connectivity index (χ0v) is 13.5. The standard InChI is InChI=1S/C15H20BrN3O2/c16-11-8-10-12(18-15(20)14(10)17)9-13(11)21-7-6-19-4-2-1-3-5-19/h8-9,14H,1-7,17H2,(H,18,20). The monoisotopic (exact) mass is 353 g/mol. The predicted molar refractivity (Wildman–Crippen MR) is 85.5 cm³/mol. The number of hydrogen-bond acceptors (Lipinski definition) is 4. The molecule has 1 saturated heterocycles. The molecule has 3 rings (SSSR count). The van der Waals surface area contributed by atoms with Gasteiger partial charge >= 0.3 is 0 Å². The number of likely N-dealkylation sites (tertiary alicyclic amines) is 1. The van der Waals surface area contributed by atoms with E-state index in [1.54, 1.807) is 0 Å². The maximum atomic E-state index is 11.6. The summed E-state index contributed by atoms with van der Waals surface area (Å²) in [5.41, 5.74) is 7.39. The number of carbonyl (C=O) groups excluding carboxylic acids is 1. The number of nitrogens with two attached hydrogens (primary N) is 1. The maximum Gasteiger partial charge on any atom is 0.245 e. The molecular formula is C15H20BrN3O2. The minimum absolute atomic E-state index is 0.164. The molecule has 2 heterocycles. The van der Waals surface area contributed by atoms with E-state index in [-0.39, 0.29) is 5.91 Å². The maximum absolute atomic E-state index is 11.6. The average Bonchev–Trinajstić information content (AvgIpc) is 2.76. The van der Waals surface area contributed by atoms with Crippen LogP contribution in [0.2, 0.25) is 0 Å². The molecule has 0 aliphatic carbocycles. The van der Waals surface area contributed by atoms with Gasteiger partial charge in [0.05, 0.1) is 4.47 Å². The minimum Gasteiger partial charge on any atom is -0.491 e. The van der Waals surface area contributed by atoms with Crippen molar-refractivity contribution in [2.45, 2.75) is 25.3 Å². The van der Waals surface area contributed by atoms with Crippen molar-refractivity contribution in [1.82, 2.24) is 4.90 Å². The SMILES string of the molecule is NC1C(=O)Nc2cc(OCCN3CCCCC3)c(Br)cc21. The van der Waals surface area contributed by atoms with Crippen molar-refractivity contribution in [3.05, 3.63) is 22.2 Å². The summed E-state index contributed by atoms with van der Waals surface area (Å²) in [4.78, 5) is 14.0. The van der Waals surface area contributed by atoms with Gasteiger partial charge in [-0.25, -0.2) is 0 Å². The number of halogens is 1. The lowest BCUT2D eigenvalue weighted by Gasteiger charge is -2.26. The second-order valence-electron chi connectivity index (χ2n) is 5.59. The Balaban J connectivity index is 1.61. The molecule has 1 atom stereocenters. The van der Waals surface area contributed by atoms with E-state index in [9.17, 15) is 4.79 Å². The summed E-state index contributed by atoms with van der Waals surface area (Å²) in [6.45, 7) is 3.92. The van der Waals surface area contributed by atoms with Crippen LogP contribution in [0.5, 0.6) is 5.75 Å². The molecule has 1 aromatic rings. The summed E-state index contributed by atoms with van der Waals surface area (Å²) in [7, 11) is 0. The Kier molecular flexibility index (Phi) is 4.47. The van der Waals surface area contributed by atoms with Crippen LogP contribution in [-0.4, -0.2) is 37.0 Å². The molecule has 5 nitrogen and oxygen atoms in total. The van der Waals surface area contributed by atoms with Crippen molar-refractivity contribution in [1.29, 1.82) is 0 Å². The molecule has 21 heavy (non-hydrogen) atoms. The number of nitrogens with one attached hydrogen (secondary N) is 1.